The molecule has 0 fully saturated rings. The first-order valence-corrected chi connectivity index (χ1v) is 7.17. The predicted octanol–water partition coefficient (Wildman–Crippen LogP) is 1.99. The number of nitrogens with two attached hydrogens (primary N) is 1. The van der Waals surface area contributed by atoms with Gasteiger partial charge >= 0.3 is 6.61 Å². The average Bonchev–Trinajstić information content (AvgIpc) is 2.31. The smallest absolute Gasteiger partial charge is 0.387 e. The summed E-state index contributed by atoms with van der Waals surface area (Å²) in [6.07, 6.45) is 0.486. The van der Waals surface area contributed by atoms with Crippen molar-refractivity contribution in [3.05, 3.63) is 23.2 Å². The van der Waals surface area contributed by atoms with Crippen LogP contribution in [0.3, 0.4) is 0 Å². The molecular weight excluding hydrogens is 337 g/mol. The Balaban J connectivity index is 0.00000361. The van der Waals surface area contributed by atoms with E-state index in [-0.39, 0.29) is 34.6 Å². The lowest BCUT2D eigenvalue weighted by molar-refractivity contribution is -0.0498. The largest absolute Gasteiger partial charge is 0.433 e. The lowest BCUT2D eigenvalue weighted by Gasteiger charge is -2.09. The van der Waals surface area contributed by atoms with Gasteiger partial charge in [0.05, 0.1) is 9.92 Å². The molecule has 3 N–H and O–H groups in total. The molecule has 0 aromatic heterocycles. The second-order valence-electron chi connectivity index (χ2n) is 3.51. The summed E-state index contributed by atoms with van der Waals surface area (Å²) in [5.41, 5.74) is 5.24. The van der Waals surface area contributed by atoms with Crippen LogP contribution in [0.5, 0.6) is 5.75 Å². The maximum Gasteiger partial charge on any atom is 0.387 e. The molecule has 0 aliphatic rings. The number of sulfonamides is 1. The fourth-order valence-corrected chi connectivity index (χ4v) is 2.62. The highest BCUT2D eigenvalue weighted by Gasteiger charge is 2.16. The van der Waals surface area contributed by atoms with Crippen molar-refractivity contribution >= 4 is 34.0 Å². The third-order valence-corrected chi connectivity index (χ3v) is 3.86. The molecule has 20 heavy (non-hydrogen) atoms. The van der Waals surface area contributed by atoms with E-state index in [4.69, 9.17) is 17.3 Å². The number of hydrogen-bond donors (Lipinski definition) is 2. The Bertz CT molecular complexity index is 529. The third-order valence-electron chi connectivity index (χ3n) is 2.10. The van der Waals surface area contributed by atoms with Crippen LogP contribution in [-0.2, 0) is 10.0 Å². The summed E-state index contributed by atoms with van der Waals surface area (Å²) in [6.45, 7) is -2.49. The quantitative estimate of drug-likeness (QED) is 0.736. The zero-order chi connectivity index (χ0) is 14.5. The van der Waals surface area contributed by atoms with Crippen molar-refractivity contribution < 1.29 is 21.9 Å². The number of ether oxygens (including phenoxy) is 1. The lowest BCUT2D eigenvalue weighted by atomic mass is 10.3. The van der Waals surface area contributed by atoms with Crippen LogP contribution >= 0.6 is 24.0 Å². The van der Waals surface area contributed by atoms with Crippen LogP contribution in [0, 0.1) is 0 Å². The number of benzene rings is 1. The normalized spacial score (nSPS) is 11.2. The SMILES string of the molecule is Cl.NCCCNS(=O)(=O)c1ccc(OC(F)F)c(Cl)c1. The Morgan fingerprint density at radius 2 is 2.05 bits per heavy atom. The van der Waals surface area contributed by atoms with Crippen LogP contribution in [-0.4, -0.2) is 28.1 Å². The van der Waals surface area contributed by atoms with Gasteiger partial charge in [-0.3, -0.25) is 0 Å². The number of nitrogens with one attached hydrogen (secondary N) is 1. The molecule has 0 radical (unpaired) electrons. The highest BCUT2D eigenvalue weighted by molar-refractivity contribution is 7.89. The van der Waals surface area contributed by atoms with Gasteiger partial charge in [-0.25, -0.2) is 13.1 Å². The number of rotatable bonds is 7. The molecule has 1 aromatic carbocycles. The van der Waals surface area contributed by atoms with E-state index < -0.39 is 16.6 Å². The highest BCUT2D eigenvalue weighted by atomic mass is 35.5. The zero-order valence-electron chi connectivity index (χ0n) is 10.2. The van der Waals surface area contributed by atoms with Crippen molar-refractivity contribution in [1.29, 1.82) is 0 Å². The van der Waals surface area contributed by atoms with E-state index in [2.05, 4.69) is 9.46 Å². The molecule has 1 rings (SSSR count). The van der Waals surface area contributed by atoms with Gasteiger partial charge in [-0.15, -0.1) is 12.4 Å². The van der Waals surface area contributed by atoms with Gasteiger partial charge in [0.1, 0.15) is 5.75 Å². The Morgan fingerprint density at radius 3 is 2.55 bits per heavy atom. The van der Waals surface area contributed by atoms with Crippen molar-refractivity contribution in [3.8, 4) is 5.75 Å². The van der Waals surface area contributed by atoms with E-state index in [1.807, 2.05) is 0 Å². The van der Waals surface area contributed by atoms with Gasteiger partial charge in [-0.05, 0) is 31.2 Å². The average molecular weight is 351 g/mol. The molecule has 0 spiro atoms. The topological polar surface area (TPSA) is 81.4 Å². The summed E-state index contributed by atoms with van der Waals surface area (Å²) in [6, 6.07) is 3.25. The molecule has 0 heterocycles. The van der Waals surface area contributed by atoms with Gasteiger partial charge in [0.2, 0.25) is 10.0 Å². The zero-order valence-corrected chi connectivity index (χ0v) is 12.6. The van der Waals surface area contributed by atoms with Crippen LogP contribution in [0.4, 0.5) is 8.78 Å². The van der Waals surface area contributed by atoms with Crippen LogP contribution in [0.25, 0.3) is 0 Å². The van der Waals surface area contributed by atoms with Crippen molar-refractivity contribution in [2.75, 3.05) is 13.1 Å². The Kier molecular flexibility index (Phi) is 8.29. The first kappa shape index (κ1) is 19.3. The predicted molar refractivity (Wildman–Crippen MR) is 74.2 cm³/mol. The summed E-state index contributed by atoms with van der Waals surface area (Å²) >= 11 is 5.67. The van der Waals surface area contributed by atoms with E-state index in [0.29, 0.717) is 13.0 Å². The number of hydrogen-bond acceptors (Lipinski definition) is 4. The molecule has 0 aliphatic carbocycles. The van der Waals surface area contributed by atoms with Crippen molar-refractivity contribution in [2.45, 2.75) is 17.9 Å². The third kappa shape index (κ3) is 5.76. The van der Waals surface area contributed by atoms with Crippen molar-refractivity contribution in [2.24, 2.45) is 5.73 Å². The lowest BCUT2D eigenvalue weighted by Crippen LogP contribution is -2.26. The molecule has 0 unspecified atom stereocenters. The van der Waals surface area contributed by atoms with Gasteiger partial charge < -0.3 is 10.5 Å². The Morgan fingerprint density at radius 1 is 1.40 bits per heavy atom. The standard InChI is InChI=1S/C10H13ClF2N2O3S.ClH/c11-8-6-7(2-3-9(8)18-10(12)13)19(16,17)15-5-1-4-14;/h2-3,6,10,15H,1,4-5,14H2;1H. The maximum atomic E-state index is 12.0. The molecule has 1 aromatic rings. The molecule has 116 valence electrons. The van der Waals surface area contributed by atoms with Crippen molar-refractivity contribution in [3.63, 3.8) is 0 Å². The Hall–Kier alpha value is -0.670. The van der Waals surface area contributed by atoms with Crippen LogP contribution in [0.2, 0.25) is 5.02 Å². The van der Waals surface area contributed by atoms with Gasteiger partial charge in [-0.1, -0.05) is 11.6 Å². The fraction of sp³-hybridized carbons (Fsp3) is 0.400. The number of halogens is 4. The van der Waals surface area contributed by atoms with E-state index in [0.717, 1.165) is 18.2 Å². The van der Waals surface area contributed by atoms with E-state index in [1.54, 1.807) is 0 Å². The van der Waals surface area contributed by atoms with E-state index in [9.17, 15) is 17.2 Å². The summed E-state index contributed by atoms with van der Waals surface area (Å²) in [7, 11) is -3.73. The molecule has 0 aliphatic heterocycles. The summed E-state index contributed by atoms with van der Waals surface area (Å²) in [5.74, 6) is -0.280. The van der Waals surface area contributed by atoms with Gasteiger partial charge in [-0.2, -0.15) is 8.78 Å². The fourth-order valence-electron chi connectivity index (χ4n) is 1.23. The van der Waals surface area contributed by atoms with E-state index in [1.165, 1.54) is 0 Å². The van der Waals surface area contributed by atoms with Gasteiger partial charge in [0, 0.05) is 6.54 Å². The molecule has 10 heteroatoms. The second-order valence-corrected chi connectivity index (χ2v) is 5.68. The molecule has 5 nitrogen and oxygen atoms in total. The highest BCUT2D eigenvalue weighted by Crippen LogP contribution is 2.28. The maximum absolute atomic E-state index is 12.0. The minimum Gasteiger partial charge on any atom is -0.433 e. The minimum absolute atomic E-state index is 0. The molecule has 0 bridgehead atoms. The second kappa shape index (κ2) is 8.58. The first-order valence-electron chi connectivity index (χ1n) is 5.31. The molecule has 0 saturated carbocycles. The monoisotopic (exact) mass is 350 g/mol. The van der Waals surface area contributed by atoms with Crippen LogP contribution < -0.4 is 15.2 Å². The molecule has 0 saturated heterocycles. The molecular formula is C10H14Cl2F2N2O3S. The van der Waals surface area contributed by atoms with Crippen LogP contribution in [0.1, 0.15) is 6.42 Å². The van der Waals surface area contributed by atoms with Gasteiger partial charge in [0.15, 0.2) is 0 Å². The van der Waals surface area contributed by atoms with Crippen LogP contribution in [0.15, 0.2) is 23.1 Å². The first-order chi connectivity index (χ1) is 8.86. The summed E-state index contributed by atoms with van der Waals surface area (Å²) in [5, 5.41) is -0.206. The minimum atomic E-state index is -3.73. The van der Waals surface area contributed by atoms with Gasteiger partial charge in [0.25, 0.3) is 0 Å². The summed E-state index contributed by atoms with van der Waals surface area (Å²) < 4.78 is 54.0. The molecule has 0 amide bonds. The van der Waals surface area contributed by atoms with E-state index >= 15 is 0 Å². The Labute approximate surface area is 126 Å². The summed E-state index contributed by atoms with van der Waals surface area (Å²) in [4.78, 5) is -0.129. The molecule has 0 atom stereocenters. The number of alkyl halides is 2. The van der Waals surface area contributed by atoms with Crippen molar-refractivity contribution in [1.82, 2.24) is 4.72 Å².